The van der Waals surface area contributed by atoms with Crippen LogP contribution in [0, 0.1) is 6.92 Å². The fourth-order valence-electron chi connectivity index (χ4n) is 2.51. The van der Waals surface area contributed by atoms with Crippen LogP contribution in [-0.2, 0) is 27.6 Å². The summed E-state index contributed by atoms with van der Waals surface area (Å²) in [6.45, 7) is 8.39. The number of fused-ring (bicyclic) bond motifs is 1. The fraction of sp³-hybridized carbons (Fsp3) is 0.353. The third kappa shape index (κ3) is 3.65. The van der Waals surface area contributed by atoms with Crippen molar-refractivity contribution in [1.82, 2.24) is 4.90 Å². The minimum absolute atomic E-state index is 0.0358. The molecule has 4 nitrogen and oxygen atoms in total. The molecule has 0 bridgehead atoms. The molecule has 0 radical (unpaired) electrons. The van der Waals surface area contributed by atoms with E-state index in [9.17, 15) is 13.2 Å². The van der Waals surface area contributed by atoms with Crippen molar-refractivity contribution in [1.29, 1.82) is 0 Å². The van der Waals surface area contributed by atoms with Gasteiger partial charge in [-0.1, -0.05) is 30.3 Å². The highest BCUT2D eigenvalue weighted by Crippen LogP contribution is 2.21. The summed E-state index contributed by atoms with van der Waals surface area (Å²) in [4.78, 5) is 14.2. The molecule has 1 aliphatic heterocycles. The summed E-state index contributed by atoms with van der Waals surface area (Å²) in [7, 11) is -3.36. The van der Waals surface area contributed by atoms with E-state index in [2.05, 4.69) is 25.6 Å². The van der Waals surface area contributed by atoms with Crippen LogP contribution in [0.5, 0.6) is 0 Å². The lowest BCUT2D eigenvalue weighted by Gasteiger charge is -2.29. The fourth-order valence-corrected chi connectivity index (χ4v) is 2.91. The summed E-state index contributed by atoms with van der Waals surface area (Å²) >= 11 is 0. The Kier molecular flexibility index (Phi) is 4.56. The SMILES string of the molecule is C=C(/C=C(\C)C(=O)N1CCc2cc(C)ccc2C1)S(C)(=O)=O. The molecular formula is C17H21NO3S. The highest BCUT2D eigenvalue weighted by atomic mass is 32.2. The Bertz CT molecular complexity index is 760. The van der Waals surface area contributed by atoms with E-state index in [1.807, 2.05) is 6.07 Å². The van der Waals surface area contributed by atoms with Crippen LogP contribution in [0.1, 0.15) is 23.6 Å². The van der Waals surface area contributed by atoms with Gasteiger partial charge < -0.3 is 4.90 Å². The molecule has 1 aromatic carbocycles. The minimum atomic E-state index is -3.36. The summed E-state index contributed by atoms with van der Waals surface area (Å²) in [6.07, 6.45) is 3.26. The summed E-state index contributed by atoms with van der Waals surface area (Å²) < 4.78 is 22.8. The Morgan fingerprint density at radius 1 is 1.32 bits per heavy atom. The number of hydrogen-bond acceptors (Lipinski definition) is 3. The topological polar surface area (TPSA) is 54.5 Å². The molecule has 0 atom stereocenters. The number of rotatable bonds is 3. The van der Waals surface area contributed by atoms with Gasteiger partial charge in [0.25, 0.3) is 0 Å². The summed E-state index contributed by atoms with van der Waals surface area (Å²) in [6, 6.07) is 6.25. The van der Waals surface area contributed by atoms with Crippen molar-refractivity contribution in [2.75, 3.05) is 12.8 Å². The maximum absolute atomic E-state index is 12.5. The second-order valence-electron chi connectivity index (χ2n) is 5.81. The normalized spacial score (nSPS) is 15.4. The zero-order chi connectivity index (χ0) is 16.5. The molecule has 0 aromatic heterocycles. The third-order valence-electron chi connectivity index (χ3n) is 3.85. The molecule has 1 amide bonds. The minimum Gasteiger partial charge on any atom is -0.334 e. The Morgan fingerprint density at radius 3 is 2.64 bits per heavy atom. The quantitative estimate of drug-likeness (QED) is 0.635. The smallest absolute Gasteiger partial charge is 0.249 e. The van der Waals surface area contributed by atoms with E-state index in [-0.39, 0.29) is 10.8 Å². The van der Waals surface area contributed by atoms with Gasteiger partial charge in [-0.3, -0.25) is 4.79 Å². The molecule has 0 spiro atoms. The number of sulfone groups is 1. The summed E-state index contributed by atoms with van der Waals surface area (Å²) in [5, 5.41) is 0. The third-order valence-corrected chi connectivity index (χ3v) is 4.92. The van der Waals surface area contributed by atoms with Gasteiger partial charge in [-0.05, 0) is 37.5 Å². The van der Waals surface area contributed by atoms with Crippen molar-refractivity contribution in [2.45, 2.75) is 26.8 Å². The average molecular weight is 319 g/mol. The first-order valence-electron chi connectivity index (χ1n) is 7.13. The lowest BCUT2D eigenvalue weighted by molar-refractivity contribution is -0.127. The van der Waals surface area contributed by atoms with Gasteiger partial charge in [0.2, 0.25) is 5.91 Å². The maximum Gasteiger partial charge on any atom is 0.249 e. The summed E-state index contributed by atoms with van der Waals surface area (Å²) in [5.41, 5.74) is 4.05. The van der Waals surface area contributed by atoms with E-state index in [1.54, 1.807) is 11.8 Å². The number of nitrogens with zero attached hydrogens (tertiary/aromatic N) is 1. The molecule has 5 heteroatoms. The van der Waals surface area contributed by atoms with Gasteiger partial charge in [0, 0.05) is 24.9 Å². The molecule has 0 aliphatic carbocycles. The predicted octanol–water partition coefficient (Wildman–Crippen LogP) is 2.38. The Hall–Kier alpha value is -1.88. The Morgan fingerprint density at radius 2 is 2.00 bits per heavy atom. The van der Waals surface area contributed by atoms with Gasteiger partial charge in [0.15, 0.2) is 9.84 Å². The molecule has 0 saturated heterocycles. The zero-order valence-corrected chi connectivity index (χ0v) is 14.0. The second kappa shape index (κ2) is 6.08. The van der Waals surface area contributed by atoms with Crippen LogP contribution in [0.3, 0.4) is 0 Å². The van der Waals surface area contributed by atoms with Crippen molar-refractivity contribution in [3.8, 4) is 0 Å². The number of allylic oxidation sites excluding steroid dienone is 1. The standard InChI is InChI=1S/C17H21NO3S/c1-12-5-6-16-11-18(8-7-15(16)9-12)17(19)13(2)10-14(3)22(4,20)21/h5-6,9-10H,3,7-8,11H2,1-2,4H3/b13-10+. The van der Waals surface area contributed by atoms with Crippen LogP contribution in [-0.4, -0.2) is 32.0 Å². The molecule has 0 saturated carbocycles. The number of hydrogen-bond donors (Lipinski definition) is 0. The van der Waals surface area contributed by atoms with Crippen molar-refractivity contribution < 1.29 is 13.2 Å². The number of benzene rings is 1. The van der Waals surface area contributed by atoms with Gasteiger partial charge in [-0.15, -0.1) is 0 Å². The van der Waals surface area contributed by atoms with Crippen molar-refractivity contribution >= 4 is 15.7 Å². The van der Waals surface area contributed by atoms with E-state index in [4.69, 9.17) is 0 Å². The number of carbonyl (C=O) groups excluding carboxylic acids is 1. The lowest BCUT2D eigenvalue weighted by Crippen LogP contribution is -2.36. The lowest BCUT2D eigenvalue weighted by atomic mass is 9.97. The van der Waals surface area contributed by atoms with E-state index in [0.29, 0.717) is 18.7 Å². The average Bonchev–Trinajstić information content (AvgIpc) is 2.44. The largest absolute Gasteiger partial charge is 0.334 e. The van der Waals surface area contributed by atoms with E-state index in [0.717, 1.165) is 18.2 Å². The van der Waals surface area contributed by atoms with Gasteiger partial charge in [-0.25, -0.2) is 8.42 Å². The van der Waals surface area contributed by atoms with Crippen LogP contribution in [0.25, 0.3) is 0 Å². The first-order valence-corrected chi connectivity index (χ1v) is 9.02. The van der Waals surface area contributed by atoms with E-state index in [1.165, 1.54) is 17.2 Å². The van der Waals surface area contributed by atoms with Gasteiger partial charge in [0.05, 0.1) is 4.91 Å². The van der Waals surface area contributed by atoms with Crippen LogP contribution < -0.4 is 0 Å². The first-order chi connectivity index (χ1) is 10.2. The number of carbonyl (C=O) groups is 1. The molecule has 2 rings (SSSR count). The maximum atomic E-state index is 12.5. The molecule has 22 heavy (non-hydrogen) atoms. The van der Waals surface area contributed by atoms with Crippen molar-refractivity contribution in [2.24, 2.45) is 0 Å². The number of aryl methyl sites for hydroxylation is 1. The van der Waals surface area contributed by atoms with Crippen LogP contribution in [0.15, 0.2) is 41.3 Å². The zero-order valence-electron chi connectivity index (χ0n) is 13.2. The molecule has 1 aromatic rings. The Labute approximate surface area is 132 Å². The molecule has 0 unspecified atom stereocenters. The van der Waals surface area contributed by atoms with Gasteiger partial charge >= 0.3 is 0 Å². The first kappa shape index (κ1) is 16.5. The van der Waals surface area contributed by atoms with E-state index < -0.39 is 9.84 Å². The summed E-state index contributed by atoms with van der Waals surface area (Å²) in [5.74, 6) is -0.143. The van der Waals surface area contributed by atoms with Crippen LogP contribution >= 0.6 is 0 Å². The highest BCUT2D eigenvalue weighted by Gasteiger charge is 2.22. The van der Waals surface area contributed by atoms with Crippen molar-refractivity contribution in [3.05, 3.63) is 58.0 Å². The molecular weight excluding hydrogens is 298 g/mol. The monoisotopic (exact) mass is 319 g/mol. The van der Waals surface area contributed by atoms with Crippen LogP contribution in [0.4, 0.5) is 0 Å². The number of amides is 1. The molecule has 118 valence electrons. The molecule has 0 N–H and O–H groups in total. The Balaban J connectivity index is 2.16. The molecule has 0 fully saturated rings. The van der Waals surface area contributed by atoms with Crippen LogP contribution in [0.2, 0.25) is 0 Å². The van der Waals surface area contributed by atoms with Crippen molar-refractivity contribution in [3.63, 3.8) is 0 Å². The van der Waals surface area contributed by atoms with Gasteiger partial charge in [-0.2, -0.15) is 0 Å². The molecule has 1 aliphatic rings. The predicted molar refractivity (Wildman–Crippen MR) is 88.0 cm³/mol. The highest BCUT2D eigenvalue weighted by molar-refractivity contribution is 7.94. The second-order valence-corrected chi connectivity index (χ2v) is 7.88. The van der Waals surface area contributed by atoms with Gasteiger partial charge in [0.1, 0.15) is 0 Å². The molecule has 1 heterocycles. The van der Waals surface area contributed by atoms with E-state index >= 15 is 0 Å².